The zero-order valence-electron chi connectivity index (χ0n) is 10.6. The summed E-state index contributed by atoms with van der Waals surface area (Å²) in [6, 6.07) is 6.94. The average molecular weight is 326 g/mol. The van der Waals surface area contributed by atoms with Crippen molar-refractivity contribution in [3.05, 3.63) is 35.4 Å². The Morgan fingerprint density at radius 2 is 1.58 bits per heavy atom. The van der Waals surface area contributed by atoms with Gasteiger partial charge in [0.15, 0.2) is 0 Å². The molecule has 1 aromatic rings. The molecule has 0 saturated heterocycles. The van der Waals surface area contributed by atoms with Gasteiger partial charge in [-0.05, 0) is 25.0 Å². The van der Waals surface area contributed by atoms with Gasteiger partial charge in [-0.3, -0.25) is 14.5 Å². The van der Waals surface area contributed by atoms with Gasteiger partial charge in [0.2, 0.25) is 0 Å². The lowest BCUT2D eigenvalue weighted by molar-refractivity contribution is 0.0627. The summed E-state index contributed by atoms with van der Waals surface area (Å²) in [6.45, 7) is 1.69. The molecule has 2 rings (SSSR count). The van der Waals surface area contributed by atoms with Crippen molar-refractivity contribution in [2.75, 3.05) is 25.1 Å². The number of alkyl halides is 1. The van der Waals surface area contributed by atoms with Crippen LogP contribution in [0.1, 0.15) is 33.6 Å². The molecule has 19 heavy (non-hydrogen) atoms. The monoisotopic (exact) mass is 325 g/mol. The molecule has 0 saturated carbocycles. The van der Waals surface area contributed by atoms with E-state index in [0.717, 1.165) is 11.8 Å². The van der Waals surface area contributed by atoms with Gasteiger partial charge in [0.05, 0.1) is 11.1 Å². The Bertz CT molecular complexity index is 441. The molecule has 0 atom stereocenters. The molecule has 0 fully saturated rings. The van der Waals surface area contributed by atoms with Crippen LogP contribution in [0.3, 0.4) is 0 Å². The third kappa shape index (κ3) is 3.22. The second-order valence-electron chi connectivity index (χ2n) is 4.32. The Labute approximate surface area is 120 Å². The van der Waals surface area contributed by atoms with Crippen LogP contribution < -0.4 is 0 Å². The molecular formula is C14H16BrNO3. The molecule has 1 aliphatic heterocycles. The maximum atomic E-state index is 12.0. The van der Waals surface area contributed by atoms with Gasteiger partial charge in [0.1, 0.15) is 0 Å². The Morgan fingerprint density at radius 3 is 2.16 bits per heavy atom. The minimum Gasteiger partial charge on any atom is -0.381 e. The SMILES string of the molecule is O=C1c2ccccc2C(=O)N1CCCOCCCBr. The third-order valence-electron chi connectivity index (χ3n) is 2.97. The number of carbonyl (C=O) groups is 2. The van der Waals surface area contributed by atoms with Gasteiger partial charge in [0, 0.05) is 25.1 Å². The van der Waals surface area contributed by atoms with Crippen molar-refractivity contribution in [2.45, 2.75) is 12.8 Å². The molecule has 0 N–H and O–H groups in total. The number of nitrogens with zero attached hydrogens (tertiary/aromatic N) is 1. The van der Waals surface area contributed by atoms with E-state index in [2.05, 4.69) is 15.9 Å². The van der Waals surface area contributed by atoms with E-state index in [0.29, 0.717) is 37.3 Å². The van der Waals surface area contributed by atoms with E-state index < -0.39 is 0 Å². The Hall–Kier alpha value is -1.20. The summed E-state index contributed by atoms with van der Waals surface area (Å²) in [6.07, 6.45) is 1.64. The largest absolute Gasteiger partial charge is 0.381 e. The van der Waals surface area contributed by atoms with Crippen molar-refractivity contribution in [1.29, 1.82) is 0 Å². The fourth-order valence-electron chi connectivity index (χ4n) is 2.03. The average Bonchev–Trinajstić information content (AvgIpc) is 2.68. The van der Waals surface area contributed by atoms with E-state index in [1.807, 2.05) is 0 Å². The van der Waals surface area contributed by atoms with Crippen molar-refractivity contribution in [3.63, 3.8) is 0 Å². The first-order chi connectivity index (χ1) is 9.25. The Morgan fingerprint density at radius 1 is 1.00 bits per heavy atom. The number of amides is 2. The Balaban J connectivity index is 1.83. The van der Waals surface area contributed by atoms with Crippen molar-refractivity contribution in [2.24, 2.45) is 0 Å². The Kier molecular flexibility index (Phi) is 5.10. The molecule has 1 heterocycles. The predicted molar refractivity (Wildman–Crippen MR) is 75.7 cm³/mol. The second kappa shape index (κ2) is 6.82. The molecular weight excluding hydrogens is 310 g/mol. The highest BCUT2D eigenvalue weighted by molar-refractivity contribution is 9.09. The third-order valence-corrected chi connectivity index (χ3v) is 3.53. The standard InChI is InChI=1S/C14H16BrNO3/c15-7-3-9-19-10-4-8-16-13(17)11-5-1-2-6-12(11)14(16)18/h1-2,5-6H,3-4,7-10H2. The van der Waals surface area contributed by atoms with Crippen LogP contribution in [-0.2, 0) is 4.74 Å². The minimum absolute atomic E-state index is 0.193. The highest BCUT2D eigenvalue weighted by Crippen LogP contribution is 2.22. The number of rotatable bonds is 7. The molecule has 4 nitrogen and oxygen atoms in total. The van der Waals surface area contributed by atoms with E-state index >= 15 is 0 Å². The molecule has 0 aromatic heterocycles. The first-order valence-electron chi connectivity index (χ1n) is 6.34. The van der Waals surface area contributed by atoms with Crippen molar-refractivity contribution < 1.29 is 14.3 Å². The molecule has 0 aliphatic carbocycles. The van der Waals surface area contributed by atoms with E-state index in [1.54, 1.807) is 24.3 Å². The van der Waals surface area contributed by atoms with Crippen LogP contribution in [0.5, 0.6) is 0 Å². The van der Waals surface area contributed by atoms with Gasteiger partial charge in [-0.2, -0.15) is 0 Å². The van der Waals surface area contributed by atoms with E-state index in [4.69, 9.17) is 4.74 Å². The number of imide groups is 1. The molecule has 0 unspecified atom stereocenters. The summed E-state index contributed by atoms with van der Waals surface area (Å²) >= 11 is 3.33. The van der Waals surface area contributed by atoms with Gasteiger partial charge >= 0.3 is 0 Å². The highest BCUT2D eigenvalue weighted by atomic mass is 79.9. The van der Waals surface area contributed by atoms with E-state index in [1.165, 1.54) is 4.90 Å². The van der Waals surface area contributed by atoms with Crippen LogP contribution >= 0.6 is 15.9 Å². The van der Waals surface area contributed by atoms with Crippen molar-refractivity contribution in [3.8, 4) is 0 Å². The number of benzene rings is 1. The molecule has 2 amide bonds. The van der Waals surface area contributed by atoms with Gasteiger partial charge in [-0.25, -0.2) is 0 Å². The zero-order chi connectivity index (χ0) is 13.7. The highest BCUT2D eigenvalue weighted by Gasteiger charge is 2.34. The molecule has 102 valence electrons. The van der Waals surface area contributed by atoms with Gasteiger partial charge in [-0.1, -0.05) is 28.1 Å². The van der Waals surface area contributed by atoms with Gasteiger partial charge in [0.25, 0.3) is 11.8 Å². The molecule has 0 radical (unpaired) electrons. The quantitative estimate of drug-likeness (QED) is 0.439. The van der Waals surface area contributed by atoms with Crippen molar-refractivity contribution >= 4 is 27.7 Å². The lowest BCUT2D eigenvalue weighted by Gasteiger charge is -2.13. The number of fused-ring (bicyclic) bond motifs is 1. The summed E-state index contributed by atoms with van der Waals surface area (Å²) in [5.41, 5.74) is 1.01. The zero-order valence-corrected chi connectivity index (χ0v) is 12.2. The summed E-state index contributed by atoms with van der Waals surface area (Å²) in [5.74, 6) is -0.387. The fourth-order valence-corrected chi connectivity index (χ4v) is 2.25. The van der Waals surface area contributed by atoms with E-state index in [9.17, 15) is 9.59 Å². The first-order valence-corrected chi connectivity index (χ1v) is 7.47. The summed E-state index contributed by atoms with van der Waals surface area (Å²) in [4.78, 5) is 25.4. The topological polar surface area (TPSA) is 46.6 Å². The summed E-state index contributed by atoms with van der Waals surface area (Å²) < 4.78 is 5.40. The number of halogens is 1. The summed E-state index contributed by atoms with van der Waals surface area (Å²) in [5, 5.41) is 0.922. The second-order valence-corrected chi connectivity index (χ2v) is 5.11. The van der Waals surface area contributed by atoms with Crippen LogP contribution in [0.25, 0.3) is 0 Å². The molecule has 5 heteroatoms. The maximum absolute atomic E-state index is 12.0. The molecule has 1 aromatic carbocycles. The maximum Gasteiger partial charge on any atom is 0.261 e. The fraction of sp³-hybridized carbons (Fsp3) is 0.429. The molecule has 1 aliphatic rings. The van der Waals surface area contributed by atoms with E-state index in [-0.39, 0.29) is 11.8 Å². The van der Waals surface area contributed by atoms with Crippen LogP contribution in [-0.4, -0.2) is 41.8 Å². The van der Waals surface area contributed by atoms with Gasteiger partial charge < -0.3 is 4.74 Å². The van der Waals surface area contributed by atoms with Crippen LogP contribution in [0.2, 0.25) is 0 Å². The van der Waals surface area contributed by atoms with Crippen LogP contribution in [0, 0.1) is 0 Å². The summed E-state index contributed by atoms with van der Waals surface area (Å²) in [7, 11) is 0. The lowest BCUT2D eigenvalue weighted by atomic mass is 10.1. The first kappa shape index (κ1) is 14.2. The number of hydrogen-bond donors (Lipinski definition) is 0. The van der Waals surface area contributed by atoms with Crippen molar-refractivity contribution in [1.82, 2.24) is 4.90 Å². The normalized spacial score (nSPS) is 14.1. The van der Waals surface area contributed by atoms with Crippen LogP contribution in [0.4, 0.5) is 0 Å². The molecule has 0 bridgehead atoms. The number of ether oxygens (including phenoxy) is 1. The number of hydrogen-bond acceptors (Lipinski definition) is 3. The smallest absolute Gasteiger partial charge is 0.261 e. The number of carbonyl (C=O) groups excluding carboxylic acids is 2. The molecule has 0 spiro atoms. The predicted octanol–water partition coefficient (Wildman–Crippen LogP) is 2.47. The van der Waals surface area contributed by atoms with Gasteiger partial charge in [-0.15, -0.1) is 0 Å². The van der Waals surface area contributed by atoms with Crippen LogP contribution in [0.15, 0.2) is 24.3 Å². The lowest BCUT2D eigenvalue weighted by Crippen LogP contribution is -2.31. The minimum atomic E-state index is -0.193.